The van der Waals surface area contributed by atoms with Gasteiger partial charge in [0.2, 0.25) is 0 Å². The van der Waals surface area contributed by atoms with Gasteiger partial charge in [0.1, 0.15) is 5.75 Å². The van der Waals surface area contributed by atoms with Crippen molar-refractivity contribution >= 4 is 15.9 Å². The number of methoxy groups -OCH3 is 1. The monoisotopic (exact) mass is 888 g/mol. The number of fused-ring (bicyclic) bond motifs is 2. The molecule has 1 heterocycles. The molecule has 7 aliphatic carbocycles. The van der Waals surface area contributed by atoms with E-state index in [1.54, 1.807) is 7.11 Å². The van der Waals surface area contributed by atoms with Crippen molar-refractivity contribution in [1.29, 1.82) is 0 Å². The third-order valence-corrected chi connectivity index (χ3v) is 14.1. The molecular formula is C51H53BrO9. The minimum absolute atomic E-state index is 0.290. The van der Waals surface area contributed by atoms with Crippen molar-refractivity contribution < 1.29 is 42.6 Å². The van der Waals surface area contributed by atoms with E-state index in [0.29, 0.717) is 92.5 Å². The van der Waals surface area contributed by atoms with Gasteiger partial charge in [-0.25, -0.2) is 0 Å². The Morgan fingerprint density at radius 2 is 0.705 bits per heavy atom. The molecule has 5 aromatic carbocycles. The van der Waals surface area contributed by atoms with E-state index in [-0.39, 0.29) is 10.8 Å². The summed E-state index contributed by atoms with van der Waals surface area (Å²) in [7, 11) is 1.67. The first-order chi connectivity index (χ1) is 30.1. The van der Waals surface area contributed by atoms with Gasteiger partial charge in [-0.2, -0.15) is 0 Å². The third-order valence-electron chi connectivity index (χ3n) is 13.7. The van der Waals surface area contributed by atoms with E-state index in [0.717, 1.165) is 56.4 Å². The summed E-state index contributed by atoms with van der Waals surface area (Å²) in [6.45, 7) is 5.62. The summed E-state index contributed by atoms with van der Waals surface area (Å²) in [5.41, 5.74) is 9.02. The van der Waals surface area contributed by atoms with Gasteiger partial charge in [0.05, 0.1) is 99.6 Å². The second kappa shape index (κ2) is 17.3. The number of benzene rings is 5. The molecule has 0 unspecified atom stereocenters. The molecule has 1 aliphatic heterocycles. The van der Waals surface area contributed by atoms with Crippen LogP contribution in [0.4, 0.5) is 0 Å². The predicted molar refractivity (Wildman–Crippen MR) is 233 cm³/mol. The van der Waals surface area contributed by atoms with Gasteiger partial charge >= 0.3 is 0 Å². The lowest BCUT2D eigenvalue weighted by Gasteiger charge is -2.72. The van der Waals surface area contributed by atoms with Crippen LogP contribution in [0.5, 0.6) is 5.75 Å². The molecule has 0 radical (unpaired) electrons. The summed E-state index contributed by atoms with van der Waals surface area (Å²) in [6, 6.07) is 40.0. The van der Waals surface area contributed by atoms with E-state index in [9.17, 15) is 0 Å². The number of halogens is 1. The molecule has 0 amide bonds. The van der Waals surface area contributed by atoms with Crippen molar-refractivity contribution in [1.82, 2.24) is 0 Å². The van der Waals surface area contributed by atoms with Crippen LogP contribution in [-0.2, 0) is 73.1 Å². The predicted octanol–water partition coefficient (Wildman–Crippen LogP) is 8.50. The molecule has 1 saturated carbocycles. The zero-order chi connectivity index (χ0) is 41.3. The lowest BCUT2D eigenvalue weighted by Crippen LogP contribution is -2.72. The lowest BCUT2D eigenvalue weighted by molar-refractivity contribution is -0.203. The van der Waals surface area contributed by atoms with Gasteiger partial charge in [0.15, 0.2) is 11.2 Å². The molecule has 4 spiro atoms. The molecule has 8 aliphatic rings. The first-order valence-corrected chi connectivity index (χ1v) is 22.4. The van der Waals surface area contributed by atoms with E-state index in [1.165, 1.54) is 22.3 Å². The molecule has 318 valence electrons. The minimum atomic E-state index is -1.08. The maximum absolute atomic E-state index is 7.66. The summed E-state index contributed by atoms with van der Waals surface area (Å²) in [5.74, 6) is 0.755. The zero-order valence-electron chi connectivity index (χ0n) is 34.8. The highest BCUT2D eigenvalue weighted by molar-refractivity contribution is 9.10. The smallest absolute Gasteiger partial charge is 0.156 e. The largest absolute Gasteiger partial charge is 0.496 e. The van der Waals surface area contributed by atoms with E-state index >= 15 is 0 Å². The quantitative estimate of drug-likeness (QED) is 0.165. The van der Waals surface area contributed by atoms with Crippen molar-refractivity contribution in [2.24, 2.45) is 0 Å². The van der Waals surface area contributed by atoms with E-state index < -0.39 is 11.2 Å². The number of ether oxygens (including phenoxy) is 9. The Labute approximate surface area is 366 Å². The van der Waals surface area contributed by atoms with Gasteiger partial charge in [-0.05, 0) is 69.5 Å². The third kappa shape index (κ3) is 6.32. The number of rotatable bonds is 1. The molecule has 6 bridgehead atoms. The van der Waals surface area contributed by atoms with Gasteiger partial charge in [-0.15, -0.1) is 0 Å². The molecule has 0 atom stereocenters. The molecule has 5 aromatic rings. The van der Waals surface area contributed by atoms with Crippen LogP contribution in [-0.4, -0.2) is 86.4 Å². The molecule has 0 N–H and O–H groups in total. The average molecular weight is 890 g/mol. The van der Waals surface area contributed by atoms with Crippen LogP contribution in [0.25, 0.3) is 0 Å². The summed E-state index contributed by atoms with van der Waals surface area (Å²) >= 11 is 3.63. The Balaban J connectivity index is 0.997. The number of hydrogen-bond donors (Lipinski definition) is 0. The molecule has 1 fully saturated rings. The van der Waals surface area contributed by atoms with Gasteiger partial charge in [0, 0.05) is 26.4 Å². The molecule has 13 rings (SSSR count). The molecule has 0 saturated heterocycles. The highest BCUT2D eigenvalue weighted by Crippen LogP contribution is 2.78. The lowest BCUT2D eigenvalue weighted by atomic mass is 9.32. The van der Waals surface area contributed by atoms with E-state index in [1.807, 2.05) is 12.1 Å². The Morgan fingerprint density at radius 1 is 0.410 bits per heavy atom. The SMILES string of the molecule is COc1c2cc(Br)cc1COCCOCCOCCOC13c4ccccc4C4(CCC45c4ccccc4C1(OCCOCCOCCOC2)c1ccccc15)c1ccccc13. The van der Waals surface area contributed by atoms with Crippen LogP contribution >= 0.6 is 15.9 Å². The topological polar surface area (TPSA) is 83.1 Å². The second-order valence-corrected chi connectivity index (χ2v) is 17.3. The van der Waals surface area contributed by atoms with Crippen LogP contribution in [0, 0.1) is 0 Å². The fourth-order valence-electron chi connectivity index (χ4n) is 11.5. The molecule has 9 nitrogen and oxygen atoms in total. The van der Waals surface area contributed by atoms with E-state index in [2.05, 4.69) is 113 Å². The van der Waals surface area contributed by atoms with Gasteiger partial charge in [-0.3, -0.25) is 0 Å². The van der Waals surface area contributed by atoms with Crippen LogP contribution in [0.15, 0.2) is 114 Å². The standard InChI is InChI=1S/C51H53BrO9/c1-53-47-36-32-38(52)33-37(47)35-59-27-25-55-21-23-57-29-31-61-51-45-16-8-4-12-41(45)49(42-13-5-9-17-46(42)51)19-18-48(49)39-10-2-6-14-43(39)50(51,44-15-7-3-11-40(44)48)60-30-28-56-22-20-54-24-26-58-34-36/h2-17,32-33H,18-31,34-35H2,1H3. The van der Waals surface area contributed by atoms with Crippen molar-refractivity contribution in [3.63, 3.8) is 0 Å². The van der Waals surface area contributed by atoms with Crippen molar-refractivity contribution in [2.45, 2.75) is 48.1 Å². The average Bonchev–Trinajstić information content (AvgIpc) is 3.28. The maximum Gasteiger partial charge on any atom is 0.156 e. The molecular weight excluding hydrogens is 836 g/mol. The minimum Gasteiger partial charge on any atom is -0.496 e. The Morgan fingerprint density at radius 3 is 1.02 bits per heavy atom. The Kier molecular flexibility index (Phi) is 11.7. The summed E-state index contributed by atoms with van der Waals surface area (Å²) in [5, 5.41) is 0. The summed E-state index contributed by atoms with van der Waals surface area (Å²) in [6.07, 6.45) is 2.06. The van der Waals surface area contributed by atoms with E-state index in [4.69, 9.17) is 42.6 Å². The zero-order valence-corrected chi connectivity index (χ0v) is 36.3. The number of hydrogen-bond acceptors (Lipinski definition) is 9. The molecule has 61 heavy (non-hydrogen) atoms. The summed E-state index contributed by atoms with van der Waals surface area (Å²) in [4.78, 5) is 0. The highest BCUT2D eigenvalue weighted by atomic mass is 79.9. The Bertz CT molecular complexity index is 2110. The second-order valence-electron chi connectivity index (χ2n) is 16.4. The van der Waals surface area contributed by atoms with Crippen molar-refractivity contribution in [3.8, 4) is 5.75 Å². The molecule has 0 aromatic heterocycles. The van der Waals surface area contributed by atoms with Gasteiger partial charge < -0.3 is 42.6 Å². The van der Waals surface area contributed by atoms with Crippen molar-refractivity contribution in [3.05, 3.63) is 169 Å². The first-order valence-electron chi connectivity index (χ1n) is 21.6. The van der Waals surface area contributed by atoms with Gasteiger partial charge in [0.25, 0.3) is 0 Å². The van der Waals surface area contributed by atoms with Crippen LogP contribution in [0.3, 0.4) is 0 Å². The van der Waals surface area contributed by atoms with Crippen LogP contribution in [0.2, 0.25) is 0 Å². The highest BCUT2D eigenvalue weighted by Gasteiger charge is 2.77. The summed E-state index contributed by atoms with van der Waals surface area (Å²) < 4.78 is 58.5. The van der Waals surface area contributed by atoms with Gasteiger partial charge in [-0.1, -0.05) is 113 Å². The van der Waals surface area contributed by atoms with Crippen molar-refractivity contribution in [2.75, 3.05) is 86.4 Å². The Hall–Kier alpha value is -3.94. The van der Waals surface area contributed by atoms with Crippen LogP contribution < -0.4 is 4.74 Å². The molecule has 10 heteroatoms. The fourth-order valence-corrected chi connectivity index (χ4v) is 12.1. The fraction of sp³-hybridized carbons (Fsp3) is 0.412. The normalized spacial score (nSPS) is 28.2. The first kappa shape index (κ1) is 41.1. The van der Waals surface area contributed by atoms with Crippen LogP contribution in [0.1, 0.15) is 68.5 Å². The maximum atomic E-state index is 7.66.